The molecule has 2 aromatic rings. The maximum absolute atomic E-state index is 13.5. The van der Waals surface area contributed by atoms with Gasteiger partial charge in [-0.05, 0) is 29.7 Å². The number of hydrogen-bond acceptors (Lipinski definition) is 3. The van der Waals surface area contributed by atoms with Gasteiger partial charge in [0.2, 0.25) is 5.78 Å². The van der Waals surface area contributed by atoms with Crippen molar-refractivity contribution in [2.24, 2.45) is 0 Å². The third-order valence-electron chi connectivity index (χ3n) is 1.87. The summed E-state index contributed by atoms with van der Waals surface area (Å²) in [5, 5.41) is 1.60. The van der Waals surface area contributed by atoms with Gasteiger partial charge in [0, 0.05) is 5.38 Å². The summed E-state index contributed by atoms with van der Waals surface area (Å²) in [7, 11) is 0. The van der Waals surface area contributed by atoms with Crippen molar-refractivity contribution in [1.29, 1.82) is 0 Å². The number of nitrogens with zero attached hydrogens (tertiary/aromatic N) is 1. The average Bonchev–Trinajstić information content (AvgIpc) is 2.74. The Morgan fingerprint density at radius 3 is 2.87 bits per heavy atom. The Hall–Kier alpha value is -1.26. The van der Waals surface area contributed by atoms with E-state index in [0.29, 0.717) is 0 Å². The summed E-state index contributed by atoms with van der Waals surface area (Å²) in [6.07, 6.45) is 0. The minimum absolute atomic E-state index is 0.0478. The van der Waals surface area contributed by atoms with Crippen molar-refractivity contribution in [2.45, 2.75) is 0 Å². The summed E-state index contributed by atoms with van der Waals surface area (Å²) in [4.78, 5) is 11.7. The molecule has 0 bridgehead atoms. The molecule has 0 unspecified atom stereocenters. The minimum Gasteiger partial charge on any atom is -0.287 e. The summed E-state index contributed by atoms with van der Waals surface area (Å²) < 4.78 is 17.3. The third kappa shape index (κ3) is 1.91. The van der Waals surface area contributed by atoms with Gasteiger partial charge in [0.1, 0.15) is 5.69 Å². The normalized spacial score (nSPS) is 10.3. The fraction of sp³-hybridized carbons (Fsp3) is 0. The fourth-order valence-corrected chi connectivity index (χ4v) is 1.83. The lowest BCUT2D eigenvalue weighted by Crippen LogP contribution is -2.04. The molecule has 0 aliphatic carbocycles. The van der Waals surface area contributed by atoms with Crippen molar-refractivity contribution in [1.82, 2.24) is 4.37 Å². The van der Waals surface area contributed by atoms with Crippen molar-refractivity contribution in [2.75, 3.05) is 0 Å². The highest BCUT2D eigenvalue weighted by Gasteiger charge is 2.17. The van der Waals surface area contributed by atoms with Crippen LogP contribution in [-0.2, 0) is 0 Å². The Morgan fingerprint density at radius 1 is 1.40 bits per heavy atom. The molecule has 2 nitrogen and oxygen atoms in total. The molecule has 0 N–H and O–H groups in total. The zero-order valence-corrected chi connectivity index (χ0v) is 8.98. The van der Waals surface area contributed by atoms with Gasteiger partial charge in [0.25, 0.3) is 0 Å². The molecule has 0 fully saturated rings. The summed E-state index contributed by atoms with van der Waals surface area (Å²) >= 11 is 6.72. The number of benzene rings is 1. The first-order valence-corrected chi connectivity index (χ1v) is 5.30. The van der Waals surface area contributed by atoms with Gasteiger partial charge in [0.05, 0.1) is 10.6 Å². The van der Waals surface area contributed by atoms with E-state index in [1.54, 1.807) is 11.4 Å². The smallest absolute Gasteiger partial charge is 0.215 e. The van der Waals surface area contributed by atoms with Crippen LogP contribution in [-0.4, -0.2) is 10.2 Å². The third-order valence-corrected chi connectivity index (χ3v) is 2.72. The van der Waals surface area contributed by atoms with E-state index >= 15 is 0 Å². The molecule has 76 valence electrons. The monoisotopic (exact) mass is 241 g/mol. The highest BCUT2D eigenvalue weighted by molar-refractivity contribution is 7.03. The minimum atomic E-state index is -0.697. The zero-order chi connectivity index (χ0) is 10.8. The molecule has 0 radical (unpaired) electrons. The van der Waals surface area contributed by atoms with E-state index < -0.39 is 11.6 Å². The van der Waals surface area contributed by atoms with Crippen LogP contribution in [0.25, 0.3) is 0 Å². The molecule has 0 aliphatic heterocycles. The van der Waals surface area contributed by atoms with Crippen LogP contribution >= 0.6 is 23.1 Å². The maximum Gasteiger partial charge on any atom is 0.215 e. The van der Waals surface area contributed by atoms with Crippen molar-refractivity contribution in [3.63, 3.8) is 0 Å². The Labute approximate surface area is 94.5 Å². The number of rotatable bonds is 2. The number of hydrogen-bond donors (Lipinski definition) is 0. The van der Waals surface area contributed by atoms with Gasteiger partial charge in [-0.25, -0.2) is 4.39 Å². The molecule has 1 heterocycles. The van der Waals surface area contributed by atoms with Crippen LogP contribution in [0.4, 0.5) is 4.39 Å². The van der Waals surface area contributed by atoms with E-state index in [-0.39, 0.29) is 16.3 Å². The van der Waals surface area contributed by atoms with E-state index in [0.717, 1.165) is 11.5 Å². The van der Waals surface area contributed by atoms with E-state index in [9.17, 15) is 9.18 Å². The molecule has 1 aromatic carbocycles. The van der Waals surface area contributed by atoms with Crippen molar-refractivity contribution in [3.8, 4) is 0 Å². The van der Waals surface area contributed by atoms with Crippen molar-refractivity contribution < 1.29 is 9.18 Å². The van der Waals surface area contributed by atoms with Crippen LogP contribution in [0.5, 0.6) is 0 Å². The number of ketones is 1. The lowest BCUT2D eigenvalue weighted by molar-refractivity contribution is 0.103. The van der Waals surface area contributed by atoms with Gasteiger partial charge < -0.3 is 0 Å². The van der Waals surface area contributed by atoms with E-state index in [4.69, 9.17) is 11.6 Å². The van der Waals surface area contributed by atoms with Gasteiger partial charge in [-0.1, -0.05) is 17.7 Å². The molecular formula is C10H5ClFNOS. The molecule has 2 rings (SSSR count). The van der Waals surface area contributed by atoms with Gasteiger partial charge in [-0.2, -0.15) is 4.37 Å². The van der Waals surface area contributed by atoms with E-state index in [1.807, 2.05) is 0 Å². The van der Waals surface area contributed by atoms with E-state index in [2.05, 4.69) is 4.37 Å². The predicted molar refractivity (Wildman–Crippen MR) is 57.0 cm³/mol. The molecule has 0 atom stereocenters. The molecule has 0 saturated heterocycles. The first kappa shape index (κ1) is 10.3. The number of carbonyl (C=O) groups is 1. The number of aromatic nitrogens is 1. The van der Waals surface area contributed by atoms with Gasteiger partial charge >= 0.3 is 0 Å². The molecule has 1 aromatic heterocycles. The average molecular weight is 242 g/mol. The summed E-state index contributed by atoms with van der Waals surface area (Å²) in [6.45, 7) is 0. The molecule has 15 heavy (non-hydrogen) atoms. The number of halogens is 2. The molecule has 0 spiro atoms. The van der Waals surface area contributed by atoms with Crippen molar-refractivity contribution in [3.05, 3.63) is 51.7 Å². The lowest BCUT2D eigenvalue weighted by Gasteiger charge is -2.00. The second kappa shape index (κ2) is 4.08. The Kier molecular flexibility index (Phi) is 2.79. The highest BCUT2D eigenvalue weighted by atomic mass is 35.5. The Balaban J connectivity index is 2.47. The van der Waals surface area contributed by atoms with Crippen LogP contribution < -0.4 is 0 Å². The van der Waals surface area contributed by atoms with Crippen molar-refractivity contribution >= 4 is 28.9 Å². The van der Waals surface area contributed by atoms with Crippen LogP contribution in [0.1, 0.15) is 16.1 Å². The first-order chi connectivity index (χ1) is 7.20. The summed E-state index contributed by atoms with van der Waals surface area (Å²) in [5.74, 6) is -1.14. The second-order valence-electron chi connectivity index (χ2n) is 2.82. The quantitative estimate of drug-likeness (QED) is 0.756. The SMILES string of the molecule is O=C(c1ccsn1)c1cccc(Cl)c1F. The van der Waals surface area contributed by atoms with Crippen LogP contribution in [0, 0.1) is 5.82 Å². The fourth-order valence-electron chi connectivity index (χ4n) is 1.15. The van der Waals surface area contributed by atoms with Crippen LogP contribution in [0.15, 0.2) is 29.6 Å². The van der Waals surface area contributed by atoms with Gasteiger partial charge in [-0.3, -0.25) is 4.79 Å². The Morgan fingerprint density at radius 2 is 2.20 bits per heavy atom. The molecule has 0 aliphatic rings. The van der Waals surface area contributed by atoms with Gasteiger partial charge in [0.15, 0.2) is 5.82 Å². The Bertz CT molecular complexity index is 498. The molecule has 0 amide bonds. The predicted octanol–water partition coefficient (Wildman–Crippen LogP) is 3.17. The zero-order valence-electron chi connectivity index (χ0n) is 7.41. The van der Waals surface area contributed by atoms with E-state index in [1.165, 1.54) is 18.2 Å². The van der Waals surface area contributed by atoms with Crippen LogP contribution in [0.3, 0.4) is 0 Å². The summed E-state index contributed by atoms with van der Waals surface area (Å²) in [6, 6.07) is 5.87. The largest absolute Gasteiger partial charge is 0.287 e. The maximum atomic E-state index is 13.5. The first-order valence-electron chi connectivity index (χ1n) is 4.09. The van der Waals surface area contributed by atoms with Gasteiger partial charge in [-0.15, -0.1) is 0 Å². The lowest BCUT2D eigenvalue weighted by atomic mass is 10.1. The summed E-state index contributed by atoms with van der Waals surface area (Å²) in [5.41, 5.74) is 0.189. The molecular weight excluding hydrogens is 237 g/mol. The standard InChI is InChI=1S/C10H5ClFNOS/c11-7-3-1-2-6(9(7)12)10(14)8-4-5-15-13-8/h1-5H. The molecule has 5 heteroatoms. The molecule has 0 saturated carbocycles. The highest BCUT2D eigenvalue weighted by Crippen LogP contribution is 2.20. The number of carbonyl (C=O) groups excluding carboxylic acids is 1. The topological polar surface area (TPSA) is 30.0 Å². The van der Waals surface area contributed by atoms with Crippen LogP contribution in [0.2, 0.25) is 5.02 Å². The second-order valence-corrected chi connectivity index (χ2v) is 3.89.